The Labute approximate surface area is 185 Å². The van der Waals surface area contributed by atoms with Crippen LogP contribution in [0.5, 0.6) is 0 Å². The highest BCUT2D eigenvalue weighted by molar-refractivity contribution is 5.79. The standard InChI is InChI=1S/C16H25N5O12/c17-14(32)19-1-2-21(15(18)33)8(3-9(22)23)16(4-10(24)25,5-11(26)27)20(6-12(28)29)7-13(30)31/h8H,1-7H2,(H2,18,33)(H,22,23)(H,24,25)(H,26,27)(H,28,29)(H,30,31)(H3,17,19,32). The van der Waals surface area contributed by atoms with E-state index in [4.69, 9.17) is 11.5 Å². The van der Waals surface area contributed by atoms with E-state index in [1.54, 1.807) is 0 Å². The van der Waals surface area contributed by atoms with E-state index >= 15 is 0 Å². The number of nitrogens with two attached hydrogens (primary N) is 2. The smallest absolute Gasteiger partial charge is 0.317 e. The van der Waals surface area contributed by atoms with Gasteiger partial charge in [0.2, 0.25) is 0 Å². The van der Waals surface area contributed by atoms with Gasteiger partial charge in [-0.2, -0.15) is 0 Å². The predicted molar refractivity (Wildman–Crippen MR) is 104 cm³/mol. The minimum Gasteiger partial charge on any atom is -0.481 e. The Bertz CT molecular complexity index is 769. The first kappa shape index (κ1) is 28.9. The van der Waals surface area contributed by atoms with Crippen LogP contribution in [0.2, 0.25) is 0 Å². The largest absolute Gasteiger partial charge is 0.481 e. The maximum Gasteiger partial charge on any atom is 0.317 e. The molecule has 0 aromatic rings. The summed E-state index contributed by atoms with van der Waals surface area (Å²) in [5, 5.41) is 48.8. The van der Waals surface area contributed by atoms with Crippen LogP contribution >= 0.6 is 0 Å². The van der Waals surface area contributed by atoms with Crippen LogP contribution < -0.4 is 16.8 Å². The van der Waals surface area contributed by atoms with Gasteiger partial charge < -0.3 is 47.2 Å². The van der Waals surface area contributed by atoms with Gasteiger partial charge in [0, 0.05) is 13.1 Å². The second-order valence-corrected chi connectivity index (χ2v) is 6.82. The quantitative estimate of drug-likeness (QED) is 0.110. The topological polar surface area (TPSA) is 291 Å². The highest BCUT2D eigenvalue weighted by atomic mass is 16.4. The number of hydrogen-bond donors (Lipinski definition) is 8. The lowest BCUT2D eigenvalue weighted by Gasteiger charge is -2.49. The molecule has 1 atom stereocenters. The van der Waals surface area contributed by atoms with Crippen molar-refractivity contribution >= 4 is 41.9 Å². The molecule has 0 rings (SSSR count). The summed E-state index contributed by atoms with van der Waals surface area (Å²) in [4.78, 5) is 81.8. The number of nitrogens with zero attached hydrogens (tertiary/aromatic N) is 2. The minimum absolute atomic E-state index is 0.428. The van der Waals surface area contributed by atoms with E-state index in [0.29, 0.717) is 9.80 Å². The second kappa shape index (κ2) is 12.6. The summed E-state index contributed by atoms with van der Waals surface area (Å²) in [6.07, 6.45) is -3.69. The van der Waals surface area contributed by atoms with Crippen molar-refractivity contribution in [3.8, 4) is 0 Å². The van der Waals surface area contributed by atoms with Gasteiger partial charge in [-0.15, -0.1) is 0 Å². The number of carbonyl (C=O) groups excluding carboxylic acids is 2. The Morgan fingerprint density at radius 2 is 1.21 bits per heavy atom. The van der Waals surface area contributed by atoms with E-state index in [-0.39, 0.29) is 0 Å². The van der Waals surface area contributed by atoms with Gasteiger partial charge in [-0.1, -0.05) is 0 Å². The number of carboxylic acids is 5. The monoisotopic (exact) mass is 479 g/mol. The zero-order valence-electron chi connectivity index (χ0n) is 17.2. The van der Waals surface area contributed by atoms with E-state index in [0.717, 1.165) is 0 Å². The third-order valence-electron chi connectivity index (χ3n) is 4.50. The molecule has 0 fully saturated rings. The van der Waals surface area contributed by atoms with Gasteiger partial charge in [0.1, 0.15) is 0 Å². The summed E-state index contributed by atoms with van der Waals surface area (Å²) >= 11 is 0. The van der Waals surface area contributed by atoms with E-state index in [1.165, 1.54) is 0 Å². The van der Waals surface area contributed by atoms with Crippen molar-refractivity contribution in [2.45, 2.75) is 30.8 Å². The SMILES string of the molecule is NC(=O)NCCN(C(N)=O)C(CC(=O)O)C(CC(=O)O)(CC(=O)O)N(CC(=O)O)CC(=O)O. The lowest BCUT2D eigenvalue weighted by Crippen LogP contribution is -2.68. The molecular formula is C16H25N5O12. The molecule has 0 aromatic carbocycles. The molecule has 0 aromatic heterocycles. The number of hydrogen-bond acceptors (Lipinski definition) is 8. The molecule has 10 N–H and O–H groups in total. The number of nitrogens with one attached hydrogen (secondary N) is 1. The molecule has 0 saturated carbocycles. The first-order valence-electron chi connectivity index (χ1n) is 9.05. The van der Waals surface area contributed by atoms with E-state index in [9.17, 15) is 59.1 Å². The summed E-state index contributed by atoms with van der Waals surface area (Å²) in [5.74, 6) is -8.53. The third kappa shape index (κ3) is 9.68. The molecule has 0 bridgehead atoms. The fraction of sp³-hybridized carbons (Fsp3) is 0.562. The number of rotatable bonds is 16. The van der Waals surface area contributed by atoms with Crippen molar-refractivity contribution in [3.63, 3.8) is 0 Å². The minimum atomic E-state index is -2.56. The van der Waals surface area contributed by atoms with Crippen molar-refractivity contribution in [1.82, 2.24) is 15.1 Å². The van der Waals surface area contributed by atoms with Crippen molar-refractivity contribution < 1.29 is 59.1 Å². The van der Waals surface area contributed by atoms with Gasteiger partial charge in [-0.3, -0.25) is 28.9 Å². The van der Waals surface area contributed by atoms with Crippen LogP contribution in [0.25, 0.3) is 0 Å². The molecule has 0 aliphatic heterocycles. The van der Waals surface area contributed by atoms with Crippen LogP contribution in [0, 0.1) is 0 Å². The lowest BCUT2D eigenvalue weighted by atomic mass is 9.78. The summed E-state index contributed by atoms with van der Waals surface area (Å²) in [7, 11) is 0. The van der Waals surface area contributed by atoms with Crippen LogP contribution in [0.3, 0.4) is 0 Å². The molecule has 33 heavy (non-hydrogen) atoms. The van der Waals surface area contributed by atoms with Gasteiger partial charge in [0.05, 0.1) is 43.9 Å². The van der Waals surface area contributed by atoms with Crippen molar-refractivity contribution in [3.05, 3.63) is 0 Å². The number of carbonyl (C=O) groups is 7. The number of carboxylic acid groups (broad SMARTS) is 5. The van der Waals surface area contributed by atoms with E-state index < -0.39 is 98.9 Å². The summed E-state index contributed by atoms with van der Waals surface area (Å²) in [5.41, 5.74) is 7.65. The Morgan fingerprint density at radius 3 is 1.52 bits per heavy atom. The van der Waals surface area contributed by atoms with Crippen LogP contribution in [0.15, 0.2) is 0 Å². The maximum atomic E-state index is 12.1. The van der Waals surface area contributed by atoms with Gasteiger partial charge >= 0.3 is 41.9 Å². The van der Waals surface area contributed by atoms with Crippen LogP contribution in [0.4, 0.5) is 9.59 Å². The number of aliphatic carboxylic acids is 5. The molecule has 1 unspecified atom stereocenters. The average molecular weight is 479 g/mol. The van der Waals surface area contributed by atoms with E-state index in [1.807, 2.05) is 0 Å². The number of amides is 4. The number of primary amides is 2. The summed E-state index contributed by atoms with van der Waals surface area (Å²) in [6, 6.07) is -4.37. The molecule has 186 valence electrons. The van der Waals surface area contributed by atoms with Crippen LogP contribution in [0.1, 0.15) is 19.3 Å². The number of urea groups is 2. The fourth-order valence-electron chi connectivity index (χ4n) is 3.43. The van der Waals surface area contributed by atoms with Crippen molar-refractivity contribution in [2.75, 3.05) is 26.2 Å². The van der Waals surface area contributed by atoms with Gasteiger partial charge in [0.15, 0.2) is 0 Å². The predicted octanol–water partition coefficient (Wildman–Crippen LogP) is -2.96. The maximum absolute atomic E-state index is 12.1. The molecular weight excluding hydrogens is 454 g/mol. The molecule has 4 amide bonds. The summed E-state index contributed by atoms with van der Waals surface area (Å²) < 4.78 is 0. The Kier molecular flexibility index (Phi) is 11.1. The van der Waals surface area contributed by atoms with Gasteiger partial charge in [0.25, 0.3) is 0 Å². The Morgan fingerprint density at radius 1 is 0.758 bits per heavy atom. The zero-order chi connectivity index (χ0) is 25.9. The molecule has 0 aliphatic rings. The Balaban J connectivity index is 7.00. The van der Waals surface area contributed by atoms with Crippen molar-refractivity contribution in [2.24, 2.45) is 11.5 Å². The molecule has 17 heteroatoms. The fourth-order valence-corrected chi connectivity index (χ4v) is 3.43. The molecule has 0 aliphatic carbocycles. The van der Waals surface area contributed by atoms with Gasteiger partial charge in [-0.25, -0.2) is 9.59 Å². The van der Waals surface area contributed by atoms with Crippen LogP contribution in [-0.2, 0) is 24.0 Å². The average Bonchev–Trinajstić information content (AvgIpc) is 2.60. The first-order chi connectivity index (χ1) is 15.1. The molecule has 0 radical (unpaired) electrons. The molecule has 17 nitrogen and oxygen atoms in total. The van der Waals surface area contributed by atoms with Gasteiger partial charge in [-0.05, 0) is 0 Å². The third-order valence-corrected chi connectivity index (χ3v) is 4.50. The van der Waals surface area contributed by atoms with Crippen molar-refractivity contribution in [1.29, 1.82) is 0 Å². The summed E-state index contributed by atoms with van der Waals surface area (Å²) in [6.45, 7) is -3.45. The zero-order valence-corrected chi connectivity index (χ0v) is 17.2. The normalized spacial score (nSPS) is 11.9. The highest BCUT2D eigenvalue weighted by Gasteiger charge is 2.52. The van der Waals surface area contributed by atoms with Crippen LogP contribution in [-0.4, -0.2) is 115 Å². The molecule has 0 heterocycles. The Hall–Kier alpha value is -4.15. The van der Waals surface area contributed by atoms with E-state index in [2.05, 4.69) is 5.32 Å². The highest BCUT2D eigenvalue weighted by Crippen LogP contribution is 2.34. The molecule has 0 spiro atoms. The molecule has 0 saturated heterocycles. The lowest BCUT2D eigenvalue weighted by molar-refractivity contribution is -0.159. The second-order valence-electron chi connectivity index (χ2n) is 6.82. The first-order valence-corrected chi connectivity index (χ1v) is 9.05.